The molecule has 0 radical (unpaired) electrons. The minimum Gasteiger partial charge on any atom is -0.365 e. The van der Waals surface area contributed by atoms with E-state index in [0.717, 1.165) is 8.35 Å². The molecule has 0 aliphatic carbocycles. The number of hydrogen-bond donors (Lipinski definition) is 3. The number of anilines is 1. The summed E-state index contributed by atoms with van der Waals surface area (Å²) in [6, 6.07) is 5.99. The molecule has 0 bridgehead atoms. The SMILES string of the molecule is Cn1c(=O)n(CC(F)(F)F)c2cc3c(C(N)=O)c(NC(=O)c4ccc(Br)s4)[nH]c3cc21. The molecule has 0 aliphatic rings. The number of nitrogens with two attached hydrogens (primary N) is 1. The van der Waals surface area contributed by atoms with Crippen LogP contribution in [0, 0.1) is 0 Å². The largest absolute Gasteiger partial charge is 0.406 e. The Hall–Kier alpha value is -3.06. The van der Waals surface area contributed by atoms with Gasteiger partial charge in [-0.2, -0.15) is 13.2 Å². The first-order valence-electron chi connectivity index (χ1n) is 8.64. The highest BCUT2D eigenvalue weighted by molar-refractivity contribution is 9.11. The topological polar surface area (TPSA) is 115 Å². The van der Waals surface area contributed by atoms with E-state index in [1.807, 2.05) is 0 Å². The summed E-state index contributed by atoms with van der Waals surface area (Å²) in [5.74, 6) is -1.38. The Kier molecular flexibility index (Phi) is 4.97. The molecule has 4 aromatic rings. The van der Waals surface area contributed by atoms with E-state index in [1.165, 1.54) is 30.5 Å². The van der Waals surface area contributed by atoms with Gasteiger partial charge in [0.05, 0.1) is 30.8 Å². The smallest absolute Gasteiger partial charge is 0.365 e. The minimum atomic E-state index is -4.62. The van der Waals surface area contributed by atoms with Gasteiger partial charge in [0.25, 0.3) is 11.8 Å². The van der Waals surface area contributed by atoms with Gasteiger partial charge < -0.3 is 16.0 Å². The van der Waals surface area contributed by atoms with Crippen LogP contribution >= 0.6 is 27.3 Å². The third-order valence-corrected chi connectivity index (χ3v) is 6.31. The third kappa shape index (κ3) is 3.74. The maximum absolute atomic E-state index is 13.0. The summed E-state index contributed by atoms with van der Waals surface area (Å²) in [5.41, 5.74) is 5.07. The van der Waals surface area contributed by atoms with E-state index in [9.17, 15) is 27.6 Å². The number of primary amides is 1. The van der Waals surface area contributed by atoms with Crippen LogP contribution < -0.4 is 16.7 Å². The normalized spacial score (nSPS) is 12.0. The molecule has 13 heteroatoms. The van der Waals surface area contributed by atoms with Crippen LogP contribution in [0.15, 0.2) is 32.8 Å². The predicted octanol–water partition coefficient (Wildman–Crippen LogP) is 3.56. The van der Waals surface area contributed by atoms with Crippen molar-refractivity contribution < 1.29 is 22.8 Å². The lowest BCUT2D eigenvalue weighted by molar-refractivity contribution is -0.140. The van der Waals surface area contributed by atoms with E-state index in [-0.39, 0.29) is 27.8 Å². The zero-order valence-electron chi connectivity index (χ0n) is 15.6. The van der Waals surface area contributed by atoms with Gasteiger partial charge in [-0.3, -0.25) is 18.7 Å². The number of thiophene rings is 1. The molecule has 162 valence electrons. The molecule has 4 rings (SSSR count). The lowest BCUT2D eigenvalue weighted by Crippen LogP contribution is -2.28. The molecule has 1 aromatic carbocycles. The lowest BCUT2D eigenvalue weighted by atomic mass is 10.1. The number of hydrogen-bond acceptors (Lipinski definition) is 4. The molecule has 31 heavy (non-hydrogen) atoms. The van der Waals surface area contributed by atoms with Crippen molar-refractivity contribution in [3.63, 3.8) is 0 Å². The number of alkyl halides is 3. The Bertz CT molecular complexity index is 1430. The van der Waals surface area contributed by atoms with E-state index in [2.05, 4.69) is 26.2 Å². The quantitative estimate of drug-likeness (QED) is 0.386. The number of carbonyl (C=O) groups excluding carboxylic acids is 2. The van der Waals surface area contributed by atoms with Crippen LogP contribution in [0.3, 0.4) is 0 Å². The molecule has 0 spiro atoms. The number of H-pyrrole nitrogens is 1. The Labute approximate surface area is 183 Å². The number of carbonyl (C=O) groups is 2. The molecule has 0 unspecified atom stereocenters. The third-order valence-electron chi connectivity index (χ3n) is 4.68. The number of aryl methyl sites for hydroxylation is 1. The molecule has 2 amide bonds. The van der Waals surface area contributed by atoms with Gasteiger partial charge in [0.15, 0.2) is 0 Å². The Morgan fingerprint density at radius 3 is 2.55 bits per heavy atom. The van der Waals surface area contributed by atoms with Crippen LogP contribution in [0.4, 0.5) is 19.0 Å². The Morgan fingerprint density at radius 2 is 1.97 bits per heavy atom. The fourth-order valence-electron chi connectivity index (χ4n) is 3.38. The predicted molar refractivity (Wildman–Crippen MR) is 114 cm³/mol. The fourth-order valence-corrected chi connectivity index (χ4v) is 4.67. The average molecular weight is 516 g/mol. The molecule has 8 nitrogen and oxygen atoms in total. The van der Waals surface area contributed by atoms with Crippen LogP contribution in [-0.4, -0.2) is 32.1 Å². The van der Waals surface area contributed by atoms with Gasteiger partial charge in [-0.15, -0.1) is 11.3 Å². The molecule has 0 saturated carbocycles. The molecular formula is C18H13BrF3N5O3S. The van der Waals surface area contributed by atoms with Gasteiger partial charge >= 0.3 is 11.9 Å². The maximum Gasteiger partial charge on any atom is 0.406 e. The van der Waals surface area contributed by atoms with Crippen molar-refractivity contribution in [2.24, 2.45) is 12.8 Å². The van der Waals surface area contributed by atoms with E-state index < -0.39 is 30.2 Å². The van der Waals surface area contributed by atoms with E-state index in [4.69, 9.17) is 5.73 Å². The highest BCUT2D eigenvalue weighted by Gasteiger charge is 2.31. The zero-order chi connectivity index (χ0) is 22.7. The van der Waals surface area contributed by atoms with Crippen molar-refractivity contribution >= 4 is 66.8 Å². The first-order valence-corrected chi connectivity index (χ1v) is 10.3. The fraction of sp³-hybridized carbons (Fsp3) is 0.167. The van der Waals surface area contributed by atoms with Gasteiger partial charge in [-0.25, -0.2) is 4.79 Å². The molecule has 0 atom stereocenters. The Balaban J connectivity index is 1.90. The summed E-state index contributed by atoms with van der Waals surface area (Å²) in [5, 5.41) is 2.76. The number of aromatic nitrogens is 3. The summed E-state index contributed by atoms with van der Waals surface area (Å²) >= 11 is 4.44. The second kappa shape index (κ2) is 7.27. The molecule has 4 N–H and O–H groups in total. The molecule has 0 saturated heterocycles. The lowest BCUT2D eigenvalue weighted by Gasteiger charge is -2.07. The summed E-state index contributed by atoms with van der Waals surface area (Å²) in [6.45, 7) is -1.48. The van der Waals surface area contributed by atoms with Crippen molar-refractivity contribution in [3.8, 4) is 0 Å². The van der Waals surface area contributed by atoms with Crippen LogP contribution in [0.2, 0.25) is 0 Å². The molecule has 0 aliphatic heterocycles. The number of nitrogens with one attached hydrogen (secondary N) is 2. The van der Waals surface area contributed by atoms with E-state index in [1.54, 1.807) is 12.1 Å². The average Bonchev–Trinajstić information content (AvgIpc) is 3.31. The number of halogens is 4. The van der Waals surface area contributed by atoms with E-state index in [0.29, 0.717) is 15.0 Å². The van der Waals surface area contributed by atoms with E-state index >= 15 is 0 Å². The van der Waals surface area contributed by atoms with Crippen molar-refractivity contribution in [3.05, 3.63) is 49.0 Å². The van der Waals surface area contributed by atoms with Gasteiger partial charge in [0, 0.05) is 12.4 Å². The van der Waals surface area contributed by atoms with Crippen LogP contribution in [0.1, 0.15) is 20.0 Å². The monoisotopic (exact) mass is 515 g/mol. The molecule has 0 fully saturated rings. The molecule has 3 heterocycles. The summed E-state index contributed by atoms with van der Waals surface area (Å²) < 4.78 is 41.4. The minimum absolute atomic E-state index is 0.0112. The zero-order valence-corrected chi connectivity index (χ0v) is 18.0. The highest BCUT2D eigenvalue weighted by Crippen LogP contribution is 2.31. The number of aromatic amines is 1. The number of nitrogens with zero attached hydrogens (tertiary/aromatic N) is 2. The first kappa shape index (κ1) is 21.2. The summed E-state index contributed by atoms with van der Waals surface area (Å²) in [4.78, 5) is 40.2. The second-order valence-corrected chi connectivity index (χ2v) is 9.19. The van der Waals surface area contributed by atoms with Crippen molar-refractivity contribution in [2.45, 2.75) is 12.7 Å². The summed E-state index contributed by atoms with van der Waals surface area (Å²) in [7, 11) is 1.35. The second-order valence-electron chi connectivity index (χ2n) is 6.73. The first-order chi connectivity index (χ1) is 14.5. The van der Waals surface area contributed by atoms with Crippen molar-refractivity contribution in [2.75, 3.05) is 5.32 Å². The standard InChI is InChI=1S/C18H13BrF3N5O3S/c1-26-9-5-8-7(4-10(9)27(17(26)30)6-18(20,21)22)13(14(23)28)15(24-8)25-16(29)11-2-3-12(19)31-11/h2-5,24H,6H2,1H3,(H2,23,28)(H,25,29). The van der Waals surface area contributed by atoms with Gasteiger partial charge in [0.1, 0.15) is 12.4 Å². The number of fused-ring (bicyclic) bond motifs is 2. The van der Waals surface area contributed by atoms with Gasteiger partial charge in [-0.1, -0.05) is 0 Å². The summed E-state index contributed by atoms with van der Waals surface area (Å²) in [6.07, 6.45) is -4.62. The number of rotatable bonds is 4. The van der Waals surface area contributed by atoms with Crippen molar-refractivity contribution in [1.82, 2.24) is 14.1 Å². The number of imidazole rings is 1. The van der Waals surface area contributed by atoms with Gasteiger partial charge in [-0.05, 0) is 40.2 Å². The van der Waals surface area contributed by atoms with Crippen LogP contribution in [0.5, 0.6) is 0 Å². The molecular weight excluding hydrogens is 503 g/mol. The van der Waals surface area contributed by atoms with Gasteiger partial charge in [0.2, 0.25) is 0 Å². The maximum atomic E-state index is 13.0. The van der Waals surface area contributed by atoms with Crippen LogP contribution in [0.25, 0.3) is 21.9 Å². The highest BCUT2D eigenvalue weighted by atomic mass is 79.9. The Morgan fingerprint density at radius 1 is 1.26 bits per heavy atom. The number of benzene rings is 1. The number of amides is 2. The molecule has 3 aromatic heterocycles. The van der Waals surface area contributed by atoms with Crippen molar-refractivity contribution in [1.29, 1.82) is 0 Å². The van der Waals surface area contributed by atoms with Crippen LogP contribution in [-0.2, 0) is 13.6 Å².